The molecule has 1 aliphatic heterocycles. The summed E-state index contributed by atoms with van der Waals surface area (Å²) in [6.07, 6.45) is 1.63. The molecular formula is C21H29NO5. The predicted molar refractivity (Wildman–Crippen MR) is 103 cm³/mol. The van der Waals surface area contributed by atoms with Gasteiger partial charge in [-0.25, -0.2) is 0 Å². The van der Waals surface area contributed by atoms with Gasteiger partial charge < -0.3 is 19.8 Å². The number of phenols is 1. The summed E-state index contributed by atoms with van der Waals surface area (Å²) in [6.45, 7) is 9.89. The number of Topliss-reactive ketones (excluding diaryl/α,β-unsaturated/α-hetero) is 1. The minimum atomic E-state index is -0.748. The van der Waals surface area contributed by atoms with Crippen LogP contribution in [0.1, 0.15) is 59.1 Å². The number of nitrogens with zero attached hydrogens (tertiary/aromatic N) is 1. The first-order valence-electron chi connectivity index (χ1n) is 9.38. The number of aromatic hydroxyl groups is 1. The van der Waals surface area contributed by atoms with Crippen molar-refractivity contribution >= 4 is 11.7 Å². The monoisotopic (exact) mass is 375 g/mol. The highest BCUT2D eigenvalue weighted by atomic mass is 16.5. The molecule has 1 aromatic rings. The van der Waals surface area contributed by atoms with Gasteiger partial charge >= 0.3 is 0 Å². The molecule has 1 unspecified atom stereocenters. The lowest BCUT2D eigenvalue weighted by molar-refractivity contribution is -0.129. The van der Waals surface area contributed by atoms with Crippen LogP contribution in [0, 0.1) is 5.41 Å². The Morgan fingerprint density at radius 2 is 1.89 bits per heavy atom. The van der Waals surface area contributed by atoms with Gasteiger partial charge in [-0.2, -0.15) is 0 Å². The zero-order chi connectivity index (χ0) is 20.4. The molecule has 0 aromatic heterocycles. The highest BCUT2D eigenvalue weighted by Crippen LogP contribution is 2.42. The van der Waals surface area contributed by atoms with E-state index in [4.69, 9.17) is 4.74 Å². The quantitative estimate of drug-likeness (QED) is 0.755. The average molecular weight is 375 g/mol. The van der Waals surface area contributed by atoms with E-state index in [1.807, 2.05) is 6.92 Å². The van der Waals surface area contributed by atoms with Crippen molar-refractivity contribution in [3.63, 3.8) is 0 Å². The molecule has 2 N–H and O–H groups in total. The molecule has 0 aliphatic carbocycles. The number of carbonyl (C=O) groups excluding carboxylic acids is 2. The number of aliphatic hydroxyl groups excluding tert-OH is 1. The zero-order valence-electron chi connectivity index (χ0n) is 16.7. The summed E-state index contributed by atoms with van der Waals surface area (Å²) < 4.78 is 5.45. The number of rotatable bonds is 7. The highest BCUT2D eigenvalue weighted by Gasteiger charge is 2.45. The van der Waals surface area contributed by atoms with Gasteiger partial charge in [0.15, 0.2) is 23.0 Å². The number of benzene rings is 1. The SMILES string of the molecule is CCCCN1C(=O)C(O)=C(C(=O)C(C)(C)C)C1c1ccc(O)c(OCC)c1. The molecule has 27 heavy (non-hydrogen) atoms. The maximum absolute atomic E-state index is 13.0. The molecule has 0 spiro atoms. The van der Waals surface area contributed by atoms with Crippen LogP contribution in [0.2, 0.25) is 0 Å². The summed E-state index contributed by atoms with van der Waals surface area (Å²) in [5.74, 6) is -1.02. The summed E-state index contributed by atoms with van der Waals surface area (Å²) >= 11 is 0. The summed E-state index contributed by atoms with van der Waals surface area (Å²) in [6, 6.07) is 4.07. The molecule has 0 saturated heterocycles. The Balaban J connectivity index is 2.59. The fourth-order valence-corrected chi connectivity index (χ4v) is 3.17. The Kier molecular flexibility index (Phi) is 6.19. The highest BCUT2D eigenvalue weighted by molar-refractivity contribution is 6.10. The first kappa shape index (κ1) is 20.8. The molecule has 0 saturated carbocycles. The van der Waals surface area contributed by atoms with Gasteiger partial charge in [0.2, 0.25) is 0 Å². The zero-order valence-corrected chi connectivity index (χ0v) is 16.7. The molecule has 1 heterocycles. The van der Waals surface area contributed by atoms with E-state index in [2.05, 4.69) is 0 Å². The largest absolute Gasteiger partial charge is 0.504 e. The fourth-order valence-electron chi connectivity index (χ4n) is 3.17. The number of hydrogen-bond donors (Lipinski definition) is 2. The Bertz CT molecular complexity index is 760. The molecule has 1 atom stereocenters. The average Bonchev–Trinajstić information content (AvgIpc) is 2.85. The lowest BCUT2D eigenvalue weighted by atomic mass is 9.82. The number of unbranched alkanes of at least 4 members (excludes halogenated alkanes) is 1. The molecule has 1 aromatic carbocycles. The molecular weight excluding hydrogens is 346 g/mol. The second kappa shape index (κ2) is 8.03. The van der Waals surface area contributed by atoms with Crippen molar-refractivity contribution in [2.45, 2.75) is 53.5 Å². The van der Waals surface area contributed by atoms with Crippen molar-refractivity contribution in [3.05, 3.63) is 35.1 Å². The molecule has 148 valence electrons. The van der Waals surface area contributed by atoms with Crippen LogP contribution in [-0.4, -0.2) is 40.0 Å². The van der Waals surface area contributed by atoms with Gasteiger partial charge in [-0.15, -0.1) is 0 Å². The van der Waals surface area contributed by atoms with Crippen LogP contribution in [0.4, 0.5) is 0 Å². The number of aliphatic hydroxyl groups is 1. The smallest absolute Gasteiger partial charge is 0.290 e. The Morgan fingerprint density at radius 1 is 1.22 bits per heavy atom. The first-order valence-corrected chi connectivity index (χ1v) is 9.38. The van der Waals surface area contributed by atoms with E-state index >= 15 is 0 Å². The Labute approximate surface area is 160 Å². The number of phenolic OH excluding ortho intramolecular Hbond substituents is 1. The number of ketones is 1. The Morgan fingerprint density at radius 3 is 2.44 bits per heavy atom. The molecule has 0 fully saturated rings. The van der Waals surface area contributed by atoms with Crippen LogP contribution in [0.3, 0.4) is 0 Å². The van der Waals surface area contributed by atoms with E-state index in [-0.39, 0.29) is 22.9 Å². The van der Waals surface area contributed by atoms with Crippen molar-refractivity contribution in [2.75, 3.05) is 13.2 Å². The number of amides is 1. The maximum Gasteiger partial charge on any atom is 0.290 e. The van der Waals surface area contributed by atoms with Crippen LogP contribution in [0.5, 0.6) is 11.5 Å². The van der Waals surface area contributed by atoms with E-state index in [0.717, 1.165) is 12.8 Å². The van der Waals surface area contributed by atoms with Gasteiger partial charge in [-0.05, 0) is 31.0 Å². The van der Waals surface area contributed by atoms with Gasteiger partial charge in [0.1, 0.15) is 0 Å². The minimum Gasteiger partial charge on any atom is -0.504 e. The van der Waals surface area contributed by atoms with Gasteiger partial charge in [-0.1, -0.05) is 40.2 Å². The molecule has 1 aliphatic rings. The van der Waals surface area contributed by atoms with E-state index in [0.29, 0.717) is 18.7 Å². The number of ether oxygens (including phenoxy) is 1. The molecule has 6 nitrogen and oxygen atoms in total. The molecule has 0 bridgehead atoms. The second-order valence-electron chi connectivity index (χ2n) is 7.76. The van der Waals surface area contributed by atoms with Gasteiger partial charge in [0, 0.05) is 12.0 Å². The third kappa shape index (κ3) is 4.10. The van der Waals surface area contributed by atoms with Crippen molar-refractivity contribution in [1.29, 1.82) is 0 Å². The van der Waals surface area contributed by atoms with Crippen molar-refractivity contribution in [2.24, 2.45) is 5.41 Å². The van der Waals surface area contributed by atoms with Crippen molar-refractivity contribution in [1.82, 2.24) is 4.90 Å². The maximum atomic E-state index is 13.0. The lowest BCUT2D eigenvalue weighted by Crippen LogP contribution is -2.33. The van der Waals surface area contributed by atoms with Gasteiger partial charge in [-0.3, -0.25) is 9.59 Å². The van der Waals surface area contributed by atoms with E-state index in [1.54, 1.807) is 39.8 Å². The number of carbonyl (C=O) groups is 2. The topological polar surface area (TPSA) is 87.1 Å². The standard InChI is InChI=1S/C21H29NO5/c1-6-8-11-22-17(13-9-10-14(23)15(12-13)27-7-2)16(18(24)20(22)26)19(25)21(3,4)5/h9-10,12,17,23-24H,6-8,11H2,1-5H3. The summed E-state index contributed by atoms with van der Waals surface area (Å²) in [7, 11) is 0. The Hall–Kier alpha value is -2.50. The summed E-state index contributed by atoms with van der Waals surface area (Å²) in [5, 5.41) is 20.5. The number of hydrogen-bond acceptors (Lipinski definition) is 5. The van der Waals surface area contributed by atoms with Crippen LogP contribution in [-0.2, 0) is 9.59 Å². The van der Waals surface area contributed by atoms with E-state index in [1.165, 1.54) is 11.0 Å². The van der Waals surface area contributed by atoms with Crippen LogP contribution >= 0.6 is 0 Å². The normalized spacial score (nSPS) is 17.6. The van der Waals surface area contributed by atoms with Crippen LogP contribution in [0.25, 0.3) is 0 Å². The molecule has 0 radical (unpaired) electrons. The van der Waals surface area contributed by atoms with Gasteiger partial charge in [0.05, 0.1) is 18.2 Å². The molecule has 6 heteroatoms. The third-order valence-corrected chi connectivity index (χ3v) is 4.58. The molecule has 2 rings (SSSR count). The fraction of sp³-hybridized carbons (Fsp3) is 0.524. The lowest BCUT2D eigenvalue weighted by Gasteiger charge is -2.29. The van der Waals surface area contributed by atoms with Crippen LogP contribution in [0.15, 0.2) is 29.5 Å². The minimum absolute atomic E-state index is 0.0121. The summed E-state index contributed by atoms with van der Waals surface area (Å²) in [5.41, 5.74) is -0.0171. The van der Waals surface area contributed by atoms with E-state index in [9.17, 15) is 19.8 Å². The third-order valence-electron chi connectivity index (χ3n) is 4.58. The molecule has 1 amide bonds. The second-order valence-corrected chi connectivity index (χ2v) is 7.76. The first-order chi connectivity index (χ1) is 12.6. The summed E-state index contributed by atoms with van der Waals surface area (Å²) in [4.78, 5) is 27.3. The predicted octanol–water partition coefficient (Wildman–Crippen LogP) is 3.90. The van der Waals surface area contributed by atoms with Crippen molar-refractivity contribution in [3.8, 4) is 11.5 Å². The van der Waals surface area contributed by atoms with Crippen LogP contribution < -0.4 is 4.74 Å². The van der Waals surface area contributed by atoms with Gasteiger partial charge in [0.25, 0.3) is 5.91 Å². The van der Waals surface area contributed by atoms with E-state index < -0.39 is 23.1 Å². The van der Waals surface area contributed by atoms with Crippen molar-refractivity contribution < 1.29 is 24.5 Å².